The maximum atomic E-state index is 12.5. The number of nitrogens with one attached hydrogen (secondary N) is 1. The molecular weight excluding hydrogens is 899 g/mol. The summed E-state index contributed by atoms with van der Waals surface area (Å²) >= 11 is 0. The second-order valence-electron chi connectivity index (χ2n) is 23.5. The molecule has 3 N–H and O–H groups in total. The Labute approximate surface area is 457 Å². The van der Waals surface area contributed by atoms with Crippen molar-refractivity contribution < 1.29 is 24.5 Å². The van der Waals surface area contributed by atoms with Gasteiger partial charge in [0, 0.05) is 12.8 Å². The van der Waals surface area contributed by atoms with Gasteiger partial charge in [0.25, 0.3) is 0 Å². The lowest BCUT2D eigenvalue weighted by Gasteiger charge is -2.22. The molecule has 1 amide bonds. The molecule has 0 fully saturated rings. The molecule has 0 aromatic rings. The van der Waals surface area contributed by atoms with Gasteiger partial charge < -0.3 is 20.3 Å². The van der Waals surface area contributed by atoms with E-state index in [2.05, 4.69) is 19.2 Å². The number of amides is 1. The van der Waals surface area contributed by atoms with Crippen LogP contribution >= 0.6 is 0 Å². The molecule has 73 heavy (non-hydrogen) atoms. The fourth-order valence-electron chi connectivity index (χ4n) is 11.0. The Morgan fingerprint density at radius 3 is 0.836 bits per heavy atom. The molecule has 0 bridgehead atoms. The first kappa shape index (κ1) is 71.9. The van der Waals surface area contributed by atoms with Crippen LogP contribution in [0.4, 0.5) is 0 Å². The van der Waals surface area contributed by atoms with Gasteiger partial charge in [0.1, 0.15) is 0 Å². The fourth-order valence-corrected chi connectivity index (χ4v) is 11.0. The molecule has 0 rings (SSSR count). The minimum atomic E-state index is -0.664. The highest BCUT2D eigenvalue weighted by atomic mass is 16.5. The molecule has 436 valence electrons. The van der Waals surface area contributed by atoms with Gasteiger partial charge in [0.15, 0.2) is 0 Å². The van der Waals surface area contributed by atoms with Gasteiger partial charge in [-0.15, -0.1) is 0 Å². The van der Waals surface area contributed by atoms with Crippen molar-refractivity contribution in [2.45, 2.75) is 405 Å². The minimum absolute atomic E-state index is 0.0176. The first-order valence-corrected chi connectivity index (χ1v) is 33.8. The zero-order chi connectivity index (χ0) is 52.9. The largest absolute Gasteiger partial charge is 0.466 e. The summed E-state index contributed by atoms with van der Waals surface area (Å²) < 4.78 is 5.50. The lowest BCUT2D eigenvalue weighted by atomic mass is 10.0. The molecule has 0 heterocycles. The zero-order valence-corrected chi connectivity index (χ0v) is 49.9. The molecule has 0 aliphatic carbocycles. The summed E-state index contributed by atoms with van der Waals surface area (Å²) in [6.45, 7) is 5.00. The fraction of sp³-hybridized carbons (Fsp3) is 0.970. The number of esters is 1. The number of aliphatic hydroxyl groups is 2. The van der Waals surface area contributed by atoms with Gasteiger partial charge in [-0.2, -0.15) is 0 Å². The molecule has 0 spiro atoms. The average Bonchev–Trinajstić information content (AvgIpc) is 3.39. The number of carbonyl (C=O) groups is 2. The quantitative estimate of drug-likeness (QED) is 0.0417. The van der Waals surface area contributed by atoms with Crippen LogP contribution in [0.3, 0.4) is 0 Å². The van der Waals surface area contributed by atoms with E-state index in [1.165, 1.54) is 321 Å². The Morgan fingerprint density at radius 2 is 0.562 bits per heavy atom. The number of ether oxygens (including phenoxy) is 1. The summed E-state index contributed by atoms with van der Waals surface area (Å²) in [6, 6.07) is -0.541. The van der Waals surface area contributed by atoms with Crippen LogP contribution in [0, 0.1) is 0 Å². The lowest BCUT2D eigenvalue weighted by molar-refractivity contribution is -0.143. The van der Waals surface area contributed by atoms with Gasteiger partial charge in [-0.05, 0) is 25.7 Å². The van der Waals surface area contributed by atoms with Crippen LogP contribution in [0.1, 0.15) is 393 Å². The summed E-state index contributed by atoms with van der Waals surface area (Å²) in [7, 11) is 0. The third-order valence-corrected chi connectivity index (χ3v) is 16.2. The Balaban J connectivity index is 3.36. The topological polar surface area (TPSA) is 95.9 Å². The third kappa shape index (κ3) is 60.0. The van der Waals surface area contributed by atoms with E-state index in [4.69, 9.17) is 4.74 Å². The second kappa shape index (κ2) is 63.4. The van der Waals surface area contributed by atoms with E-state index in [1.807, 2.05) is 0 Å². The van der Waals surface area contributed by atoms with E-state index < -0.39 is 12.1 Å². The monoisotopic (exact) mass is 1030 g/mol. The van der Waals surface area contributed by atoms with Crippen molar-refractivity contribution in [3.63, 3.8) is 0 Å². The number of rotatable bonds is 64. The molecular formula is C67H133NO5. The number of hydrogen-bond donors (Lipinski definition) is 3. The van der Waals surface area contributed by atoms with Gasteiger partial charge in [-0.25, -0.2) is 0 Å². The van der Waals surface area contributed by atoms with Crippen molar-refractivity contribution >= 4 is 11.9 Å². The highest BCUT2D eigenvalue weighted by molar-refractivity contribution is 5.76. The molecule has 0 saturated carbocycles. The van der Waals surface area contributed by atoms with E-state index >= 15 is 0 Å². The van der Waals surface area contributed by atoms with Crippen LogP contribution in [-0.4, -0.2) is 47.4 Å². The Hall–Kier alpha value is -1.14. The third-order valence-electron chi connectivity index (χ3n) is 16.2. The highest BCUT2D eigenvalue weighted by Gasteiger charge is 2.20. The normalized spacial score (nSPS) is 12.4. The van der Waals surface area contributed by atoms with Gasteiger partial charge in [-0.3, -0.25) is 9.59 Å². The number of hydrogen-bond acceptors (Lipinski definition) is 5. The molecule has 0 aromatic carbocycles. The predicted molar refractivity (Wildman–Crippen MR) is 320 cm³/mol. The molecule has 6 nitrogen and oxygen atoms in total. The molecule has 0 aliphatic heterocycles. The van der Waals surface area contributed by atoms with Crippen LogP contribution in [0.15, 0.2) is 0 Å². The van der Waals surface area contributed by atoms with Crippen molar-refractivity contribution in [3.05, 3.63) is 0 Å². The van der Waals surface area contributed by atoms with Gasteiger partial charge in [0.05, 0.1) is 25.4 Å². The van der Waals surface area contributed by atoms with Crippen molar-refractivity contribution in [2.75, 3.05) is 13.2 Å². The average molecular weight is 1030 g/mol. The number of aliphatic hydroxyl groups excluding tert-OH is 2. The van der Waals surface area contributed by atoms with E-state index in [-0.39, 0.29) is 18.5 Å². The van der Waals surface area contributed by atoms with E-state index in [1.54, 1.807) is 0 Å². The van der Waals surface area contributed by atoms with Crippen LogP contribution < -0.4 is 5.32 Å². The van der Waals surface area contributed by atoms with Crippen molar-refractivity contribution in [3.8, 4) is 0 Å². The van der Waals surface area contributed by atoms with Gasteiger partial charge in [0.2, 0.25) is 5.91 Å². The van der Waals surface area contributed by atoms with Gasteiger partial charge in [-0.1, -0.05) is 354 Å². The summed E-state index contributed by atoms with van der Waals surface area (Å²) in [5, 5.41) is 23.4. The second-order valence-corrected chi connectivity index (χ2v) is 23.5. The molecule has 0 radical (unpaired) electrons. The maximum Gasteiger partial charge on any atom is 0.305 e. The van der Waals surface area contributed by atoms with Crippen LogP contribution in [0.5, 0.6) is 0 Å². The van der Waals surface area contributed by atoms with Crippen molar-refractivity contribution in [2.24, 2.45) is 0 Å². The summed E-state index contributed by atoms with van der Waals surface area (Å²) in [6.07, 6.45) is 75.6. The minimum Gasteiger partial charge on any atom is -0.466 e. The van der Waals surface area contributed by atoms with E-state index in [9.17, 15) is 19.8 Å². The molecule has 2 atom stereocenters. The Kier molecular flexibility index (Phi) is 62.4. The summed E-state index contributed by atoms with van der Waals surface area (Å²) in [5.41, 5.74) is 0. The maximum absolute atomic E-state index is 12.5. The SMILES string of the molecule is CCCCCCCCCCCCCCCCCCCCCC(O)C(CO)NC(=O)CCCCCCCCCCCCCCCCCCCCCCCCOC(=O)CCCCCCCCCCCCCCCCC. The molecule has 2 unspecified atom stereocenters. The molecule has 6 heteroatoms. The van der Waals surface area contributed by atoms with Crippen LogP contribution in [0.25, 0.3) is 0 Å². The van der Waals surface area contributed by atoms with Crippen molar-refractivity contribution in [1.29, 1.82) is 0 Å². The van der Waals surface area contributed by atoms with Crippen LogP contribution in [0.2, 0.25) is 0 Å². The van der Waals surface area contributed by atoms with Crippen LogP contribution in [-0.2, 0) is 14.3 Å². The lowest BCUT2D eigenvalue weighted by Crippen LogP contribution is -2.45. The number of carbonyl (C=O) groups excluding carboxylic acids is 2. The Morgan fingerprint density at radius 1 is 0.329 bits per heavy atom. The van der Waals surface area contributed by atoms with E-state index in [0.29, 0.717) is 25.9 Å². The van der Waals surface area contributed by atoms with E-state index in [0.717, 1.165) is 38.5 Å². The predicted octanol–water partition coefficient (Wildman–Crippen LogP) is 21.4. The smallest absolute Gasteiger partial charge is 0.305 e. The first-order chi connectivity index (χ1) is 36.0. The molecule has 0 aromatic heterocycles. The standard InChI is InChI=1S/C67H133NO5/c1-3-5-7-9-11-13-15-17-19-20-25-28-32-35-39-43-47-51-55-59-65(70)64(63-69)68-66(71)60-56-52-48-44-40-36-33-29-26-23-21-22-24-27-30-34-38-42-46-50-54-58-62-73-67(72)61-57-53-49-45-41-37-31-18-16-14-12-10-8-6-4-2/h64-65,69-70H,3-63H2,1-2H3,(H,68,71). The van der Waals surface area contributed by atoms with Gasteiger partial charge >= 0.3 is 5.97 Å². The van der Waals surface area contributed by atoms with Crippen molar-refractivity contribution in [1.82, 2.24) is 5.32 Å². The first-order valence-electron chi connectivity index (χ1n) is 33.8. The highest BCUT2D eigenvalue weighted by Crippen LogP contribution is 2.19. The summed E-state index contributed by atoms with van der Waals surface area (Å²) in [4.78, 5) is 24.6. The Bertz CT molecular complexity index is 1050. The molecule has 0 saturated heterocycles. The molecule has 0 aliphatic rings. The zero-order valence-electron chi connectivity index (χ0n) is 49.9. The number of unbranched alkanes of at least 4 members (excludes halogenated alkanes) is 53. The summed E-state index contributed by atoms with van der Waals surface area (Å²) in [5.74, 6) is -0.0128.